The van der Waals surface area contributed by atoms with E-state index in [0.717, 1.165) is 21.2 Å². The van der Waals surface area contributed by atoms with Crippen LogP contribution in [0, 0.1) is 25.2 Å². The lowest BCUT2D eigenvalue weighted by molar-refractivity contribution is -0.112. The Kier molecular flexibility index (Phi) is 7.51. The number of carbonyl (C=O) groups excluding carboxylic acids is 1. The van der Waals surface area contributed by atoms with Crippen LogP contribution in [0.5, 0.6) is 5.75 Å². The number of nitrogens with one attached hydrogen (secondary N) is 1. The van der Waals surface area contributed by atoms with Crippen LogP contribution >= 0.6 is 27.5 Å². The average Bonchev–Trinajstić information content (AvgIpc) is 2.75. The van der Waals surface area contributed by atoms with Gasteiger partial charge in [0, 0.05) is 20.7 Å². The Morgan fingerprint density at radius 2 is 1.84 bits per heavy atom. The zero-order valence-corrected chi connectivity index (χ0v) is 19.4. The average molecular weight is 496 g/mol. The highest BCUT2D eigenvalue weighted by molar-refractivity contribution is 9.10. The first kappa shape index (κ1) is 22.6. The molecule has 0 aliphatic carbocycles. The Morgan fingerprint density at radius 3 is 2.52 bits per heavy atom. The number of amides is 1. The molecule has 0 atom stereocenters. The van der Waals surface area contributed by atoms with Gasteiger partial charge in [0.05, 0.1) is 0 Å². The molecule has 0 aromatic heterocycles. The second-order valence-electron chi connectivity index (χ2n) is 7.02. The maximum atomic E-state index is 12.7. The van der Waals surface area contributed by atoms with E-state index in [1.807, 2.05) is 56.3 Å². The first-order valence-electron chi connectivity index (χ1n) is 9.53. The molecule has 0 spiro atoms. The molecule has 3 rings (SSSR count). The largest absolute Gasteiger partial charge is 0.488 e. The summed E-state index contributed by atoms with van der Waals surface area (Å²) in [4.78, 5) is 12.7. The van der Waals surface area contributed by atoms with Crippen LogP contribution < -0.4 is 10.1 Å². The van der Waals surface area contributed by atoms with Gasteiger partial charge in [-0.3, -0.25) is 4.79 Å². The molecule has 0 aliphatic rings. The number of nitriles is 1. The van der Waals surface area contributed by atoms with Crippen molar-refractivity contribution in [1.82, 2.24) is 0 Å². The Balaban J connectivity index is 1.82. The number of ether oxygens (including phenoxy) is 1. The third-order valence-corrected chi connectivity index (χ3v) is 5.45. The minimum absolute atomic E-state index is 0.0207. The third kappa shape index (κ3) is 6.21. The molecule has 0 aliphatic heterocycles. The Bertz CT molecular complexity index is 1180. The van der Waals surface area contributed by atoms with Crippen molar-refractivity contribution in [1.29, 1.82) is 5.26 Å². The van der Waals surface area contributed by atoms with Crippen molar-refractivity contribution in [3.63, 3.8) is 0 Å². The zero-order valence-electron chi connectivity index (χ0n) is 17.1. The van der Waals surface area contributed by atoms with Crippen LogP contribution in [0.25, 0.3) is 6.08 Å². The van der Waals surface area contributed by atoms with E-state index in [0.29, 0.717) is 28.6 Å². The summed E-state index contributed by atoms with van der Waals surface area (Å²) < 4.78 is 6.75. The summed E-state index contributed by atoms with van der Waals surface area (Å²) in [6.07, 6.45) is 1.53. The predicted octanol–water partition coefficient (Wildman–Crippen LogP) is 6.84. The number of carbonyl (C=O) groups is 1. The Labute approximate surface area is 195 Å². The molecule has 0 radical (unpaired) electrons. The maximum Gasteiger partial charge on any atom is 0.266 e. The molecule has 0 saturated carbocycles. The van der Waals surface area contributed by atoms with Gasteiger partial charge >= 0.3 is 0 Å². The fraction of sp³-hybridized carbons (Fsp3) is 0.120. The van der Waals surface area contributed by atoms with E-state index >= 15 is 0 Å². The topological polar surface area (TPSA) is 62.1 Å². The number of nitrogens with zero attached hydrogens (tertiary/aromatic N) is 1. The molecule has 6 heteroatoms. The number of hydrogen-bond acceptors (Lipinski definition) is 3. The highest BCUT2D eigenvalue weighted by atomic mass is 79.9. The molecular weight excluding hydrogens is 476 g/mol. The fourth-order valence-electron chi connectivity index (χ4n) is 2.83. The lowest BCUT2D eigenvalue weighted by atomic mass is 10.1. The van der Waals surface area contributed by atoms with Crippen LogP contribution in [0.1, 0.15) is 22.3 Å². The second-order valence-corrected chi connectivity index (χ2v) is 8.37. The maximum absolute atomic E-state index is 12.7. The molecule has 31 heavy (non-hydrogen) atoms. The Hall–Kier alpha value is -3.07. The third-order valence-electron chi connectivity index (χ3n) is 4.71. The SMILES string of the molecule is Cc1ccc(NC(=O)/C(C#N)=C/c2cc(Br)ccc2OCc2ccc(Cl)cc2)cc1C. The number of halogens is 2. The van der Waals surface area contributed by atoms with Crippen molar-refractivity contribution in [3.8, 4) is 11.8 Å². The second kappa shape index (κ2) is 10.3. The molecule has 0 fully saturated rings. The van der Waals surface area contributed by atoms with Crippen LogP contribution in [0.2, 0.25) is 5.02 Å². The number of aryl methyl sites for hydroxylation is 2. The van der Waals surface area contributed by atoms with Gasteiger partial charge < -0.3 is 10.1 Å². The number of anilines is 1. The van der Waals surface area contributed by atoms with Crippen LogP contribution in [-0.4, -0.2) is 5.91 Å². The van der Waals surface area contributed by atoms with E-state index < -0.39 is 5.91 Å². The summed E-state index contributed by atoms with van der Waals surface area (Å²) in [6.45, 7) is 4.30. The highest BCUT2D eigenvalue weighted by Gasteiger charge is 2.12. The smallest absolute Gasteiger partial charge is 0.266 e. The molecule has 1 amide bonds. The van der Waals surface area contributed by atoms with Crippen molar-refractivity contribution in [2.45, 2.75) is 20.5 Å². The Morgan fingerprint density at radius 1 is 1.10 bits per heavy atom. The monoisotopic (exact) mass is 494 g/mol. The number of hydrogen-bond donors (Lipinski definition) is 1. The van der Waals surface area contributed by atoms with Crippen molar-refractivity contribution in [2.75, 3.05) is 5.32 Å². The quantitative estimate of drug-likeness (QED) is 0.301. The van der Waals surface area contributed by atoms with Gasteiger partial charge in [0.1, 0.15) is 24.0 Å². The molecule has 0 saturated heterocycles. The van der Waals surface area contributed by atoms with Crippen LogP contribution in [0.3, 0.4) is 0 Å². The summed E-state index contributed by atoms with van der Waals surface area (Å²) in [7, 11) is 0. The molecule has 0 heterocycles. The van der Waals surface area contributed by atoms with Crippen molar-refractivity contribution in [2.24, 2.45) is 0 Å². The standard InChI is InChI=1S/C25H20BrClN2O2/c1-16-3-9-23(11-17(16)2)29-25(30)20(14-28)12-19-13-21(26)6-10-24(19)31-15-18-4-7-22(27)8-5-18/h3-13H,15H2,1-2H3,(H,29,30)/b20-12+. The molecule has 1 N–H and O–H groups in total. The summed E-state index contributed by atoms with van der Waals surface area (Å²) in [5.74, 6) is 0.0826. The van der Waals surface area contributed by atoms with Gasteiger partial charge in [0.25, 0.3) is 5.91 Å². The molecule has 0 unspecified atom stereocenters. The van der Waals surface area contributed by atoms with Gasteiger partial charge in [-0.05, 0) is 79.1 Å². The molecule has 3 aromatic rings. The van der Waals surface area contributed by atoms with Gasteiger partial charge in [-0.25, -0.2) is 0 Å². The van der Waals surface area contributed by atoms with Gasteiger partial charge in [-0.15, -0.1) is 0 Å². The van der Waals surface area contributed by atoms with E-state index in [-0.39, 0.29) is 5.57 Å². The van der Waals surface area contributed by atoms with Crippen molar-refractivity contribution in [3.05, 3.63) is 98.0 Å². The van der Waals surface area contributed by atoms with E-state index in [9.17, 15) is 10.1 Å². The van der Waals surface area contributed by atoms with Gasteiger partial charge in [-0.1, -0.05) is 45.7 Å². The summed E-state index contributed by atoms with van der Waals surface area (Å²) >= 11 is 9.36. The van der Waals surface area contributed by atoms with Crippen molar-refractivity contribution < 1.29 is 9.53 Å². The zero-order chi connectivity index (χ0) is 22.4. The summed E-state index contributed by atoms with van der Waals surface area (Å²) in [5.41, 5.74) is 4.39. The van der Waals surface area contributed by atoms with E-state index in [1.54, 1.807) is 24.3 Å². The van der Waals surface area contributed by atoms with Gasteiger partial charge in [-0.2, -0.15) is 5.26 Å². The first-order valence-corrected chi connectivity index (χ1v) is 10.7. The minimum atomic E-state index is -0.477. The van der Waals surface area contributed by atoms with Crippen molar-refractivity contribution >= 4 is 45.2 Å². The molecule has 0 bridgehead atoms. The van der Waals surface area contributed by atoms with Gasteiger partial charge in [0.15, 0.2) is 0 Å². The lowest BCUT2D eigenvalue weighted by Gasteiger charge is -2.11. The molecule has 3 aromatic carbocycles. The minimum Gasteiger partial charge on any atom is -0.488 e. The molecule has 156 valence electrons. The van der Waals surface area contributed by atoms with Crippen LogP contribution in [0.15, 0.2) is 70.7 Å². The lowest BCUT2D eigenvalue weighted by Crippen LogP contribution is -2.13. The normalized spacial score (nSPS) is 11.0. The predicted molar refractivity (Wildman–Crippen MR) is 128 cm³/mol. The summed E-state index contributed by atoms with van der Waals surface area (Å²) in [6, 6.07) is 20.4. The highest BCUT2D eigenvalue weighted by Crippen LogP contribution is 2.27. The van der Waals surface area contributed by atoms with E-state index in [2.05, 4.69) is 21.2 Å². The van der Waals surface area contributed by atoms with Crippen LogP contribution in [-0.2, 0) is 11.4 Å². The summed E-state index contributed by atoms with van der Waals surface area (Å²) in [5, 5.41) is 13.0. The molecule has 4 nitrogen and oxygen atoms in total. The number of rotatable bonds is 6. The fourth-order valence-corrected chi connectivity index (χ4v) is 3.33. The van der Waals surface area contributed by atoms with Gasteiger partial charge in [0.2, 0.25) is 0 Å². The molecular formula is C25H20BrClN2O2. The number of benzene rings is 3. The first-order chi connectivity index (χ1) is 14.9. The van der Waals surface area contributed by atoms with Crippen LogP contribution in [0.4, 0.5) is 5.69 Å². The van der Waals surface area contributed by atoms with E-state index in [1.165, 1.54) is 6.08 Å². The van der Waals surface area contributed by atoms with E-state index in [4.69, 9.17) is 16.3 Å².